The van der Waals surface area contributed by atoms with E-state index in [2.05, 4.69) is 22.4 Å². The third kappa shape index (κ3) is 3.84. The molecule has 0 fully saturated rings. The van der Waals surface area contributed by atoms with Crippen molar-refractivity contribution >= 4 is 11.6 Å². The SMILES string of the molecule is ClCc1cccc(CNCc2ccccn2)c1. The molecule has 0 aliphatic rings. The largest absolute Gasteiger partial charge is 0.307 e. The first-order valence-corrected chi connectivity index (χ1v) is 6.16. The van der Waals surface area contributed by atoms with E-state index in [1.54, 1.807) is 0 Å². The Bertz CT molecular complexity index is 457. The topological polar surface area (TPSA) is 24.9 Å². The highest BCUT2D eigenvalue weighted by Crippen LogP contribution is 2.07. The molecule has 1 heterocycles. The number of hydrogen-bond acceptors (Lipinski definition) is 2. The Kier molecular flexibility index (Phi) is 4.54. The lowest BCUT2D eigenvalue weighted by Crippen LogP contribution is -2.13. The van der Waals surface area contributed by atoms with Crippen molar-refractivity contribution in [1.29, 1.82) is 0 Å². The van der Waals surface area contributed by atoms with Crippen molar-refractivity contribution in [3.05, 3.63) is 65.5 Å². The minimum absolute atomic E-state index is 0.564. The molecule has 0 unspecified atom stereocenters. The number of nitrogens with zero attached hydrogens (tertiary/aromatic N) is 1. The number of rotatable bonds is 5. The molecule has 0 spiro atoms. The molecule has 0 saturated heterocycles. The van der Waals surface area contributed by atoms with Gasteiger partial charge >= 0.3 is 0 Å². The number of aromatic nitrogens is 1. The molecule has 1 N–H and O–H groups in total. The molecular formula is C14H15ClN2. The van der Waals surface area contributed by atoms with Crippen LogP contribution in [0.5, 0.6) is 0 Å². The summed E-state index contributed by atoms with van der Waals surface area (Å²) >= 11 is 5.80. The van der Waals surface area contributed by atoms with Crippen molar-refractivity contribution in [2.24, 2.45) is 0 Å². The van der Waals surface area contributed by atoms with Gasteiger partial charge in [-0.2, -0.15) is 0 Å². The molecule has 1 aromatic carbocycles. The van der Waals surface area contributed by atoms with Gasteiger partial charge in [-0.1, -0.05) is 30.3 Å². The Balaban J connectivity index is 1.86. The molecule has 1 aromatic heterocycles. The molecule has 0 saturated carbocycles. The second-order valence-electron chi connectivity index (χ2n) is 3.88. The maximum atomic E-state index is 5.80. The number of halogens is 1. The van der Waals surface area contributed by atoms with Crippen LogP contribution >= 0.6 is 11.6 Å². The van der Waals surface area contributed by atoms with Gasteiger partial charge in [0.2, 0.25) is 0 Å². The Morgan fingerprint density at radius 1 is 1.00 bits per heavy atom. The van der Waals surface area contributed by atoms with Crippen LogP contribution in [0.25, 0.3) is 0 Å². The predicted molar refractivity (Wildman–Crippen MR) is 70.8 cm³/mol. The fourth-order valence-corrected chi connectivity index (χ4v) is 1.83. The van der Waals surface area contributed by atoms with Gasteiger partial charge in [-0.05, 0) is 23.3 Å². The third-order valence-corrected chi connectivity index (χ3v) is 2.82. The third-order valence-electron chi connectivity index (χ3n) is 2.51. The summed E-state index contributed by atoms with van der Waals surface area (Å²) in [5.41, 5.74) is 3.46. The maximum Gasteiger partial charge on any atom is 0.0541 e. The van der Waals surface area contributed by atoms with Crippen molar-refractivity contribution in [3.8, 4) is 0 Å². The summed E-state index contributed by atoms with van der Waals surface area (Å²) in [6.45, 7) is 1.62. The van der Waals surface area contributed by atoms with E-state index in [9.17, 15) is 0 Å². The Hall–Kier alpha value is -1.38. The highest BCUT2D eigenvalue weighted by atomic mass is 35.5. The molecule has 2 aromatic rings. The van der Waals surface area contributed by atoms with Gasteiger partial charge in [0.1, 0.15) is 0 Å². The molecule has 0 amide bonds. The average Bonchev–Trinajstić information content (AvgIpc) is 2.40. The van der Waals surface area contributed by atoms with Crippen LogP contribution in [0, 0.1) is 0 Å². The fraction of sp³-hybridized carbons (Fsp3) is 0.214. The standard InChI is InChI=1S/C14H15ClN2/c15-9-12-4-3-5-13(8-12)10-16-11-14-6-1-2-7-17-14/h1-8,16H,9-11H2. The lowest BCUT2D eigenvalue weighted by molar-refractivity contribution is 0.679. The van der Waals surface area contributed by atoms with Gasteiger partial charge in [-0.3, -0.25) is 4.98 Å². The zero-order valence-corrected chi connectivity index (χ0v) is 10.3. The number of nitrogens with one attached hydrogen (secondary N) is 1. The Labute approximate surface area is 107 Å². The average molecular weight is 247 g/mol. The maximum absolute atomic E-state index is 5.80. The van der Waals surface area contributed by atoms with Gasteiger partial charge in [-0.25, -0.2) is 0 Å². The molecule has 2 nitrogen and oxygen atoms in total. The van der Waals surface area contributed by atoms with Crippen LogP contribution in [0.4, 0.5) is 0 Å². The summed E-state index contributed by atoms with van der Waals surface area (Å²) in [7, 11) is 0. The summed E-state index contributed by atoms with van der Waals surface area (Å²) < 4.78 is 0. The van der Waals surface area contributed by atoms with E-state index in [1.807, 2.05) is 36.5 Å². The van der Waals surface area contributed by atoms with E-state index in [0.29, 0.717) is 5.88 Å². The molecule has 17 heavy (non-hydrogen) atoms. The summed E-state index contributed by atoms with van der Waals surface area (Å²) in [6.07, 6.45) is 1.81. The zero-order valence-electron chi connectivity index (χ0n) is 9.57. The first kappa shape index (κ1) is 12.1. The normalized spacial score (nSPS) is 10.4. The van der Waals surface area contributed by atoms with Crippen molar-refractivity contribution in [1.82, 2.24) is 10.3 Å². The molecule has 0 atom stereocenters. The van der Waals surface area contributed by atoms with Crippen LogP contribution in [0.2, 0.25) is 0 Å². The second-order valence-corrected chi connectivity index (χ2v) is 4.15. The first-order chi connectivity index (χ1) is 8.38. The van der Waals surface area contributed by atoms with Gasteiger partial charge in [-0.15, -0.1) is 11.6 Å². The minimum Gasteiger partial charge on any atom is -0.307 e. The lowest BCUT2D eigenvalue weighted by Gasteiger charge is -2.05. The summed E-state index contributed by atoms with van der Waals surface area (Å²) in [6, 6.07) is 14.2. The molecule has 88 valence electrons. The lowest BCUT2D eigenvalue weighted by atomic mass is 10.1. The smallest absolute Gasteiger partial charge is 0.0541 e. The molecular weight excluding hydrogens is 232 g/mol. The summed E-state index contributed by atoms with van der Waals surface area (Å²) in [4.78, 5) is 4.26. The monoisotopic (exact) mass is 246 g/mol. The van der Waals surface area contributed by atoms with Crippen molar-refractivity contribution in [2.75, 3.05) is 0 Å². The van der Waals surface area contributed by atoms with Crippen LogP contribution in [0.1, 0.15) is 16.8 Å². The summed E-state index contributed by atoms with van der Waals surface area (Å²) in [5.74, 6) is 0.564. The van der Waals surface area contributed by atoms with E-state index >= 15 is 0 Å². The van der Waals surface area contributed by atoms with E-state index in [-0.39, 0.29) is 0 Å². The van der Waals surface area contributed by atoms with Gasteiger partial charge in [0.15, 0.2) is 0 Å². The number of benzene rings is 1. The summed E-state index contributed by atoms with van der Waals surface area (Å²) in [5, 5.41) is 3.36. The molecule has 3 heteroatoms. The van der Waals surface area contributed by atoms with Crippen molar-refractivity contribution in [2.45, 2.75) is 19.0 Å². The van der Waals surface area contributed by atoms with E-state index in [1.165, 1.54) is 5.56 Å². The van der Waals surface area contributed by atoms with E-state index in [4.69, 9.17) is 11.6 Å². The van der Waals surface area contributed by atoms with Gasteiger partial charge in [0.25, 0.3) is 0 Å². The highest BCUT2D eigenvalue weighted by molar-refractivity contribution is 6.17. The zero-order chi connectivity index (χ0) is 11.9. The van der Waals surface area contributed by atoms with Gasteiger partial charge < -0.3 is 5.32 Å². The molecule has 0 aliphatic carbocycles. The van der Waals surface area contributed by atoms with Crippen LogP contribution in [-0.4, -0.2) is 4.98 Å². The minimum atomic E-state index is 0.564. The number of pyridine rings is 1. The quantitative estimate of drug-likeness (QED) is 0.820. The Morgan fingerprint density at radius 2 is 1.88 bits per heavy atom. The number of alkyl halides is 1. The van der Waals surface area contributed by atoms with Crippen molar-refractivity contribution < 1.29 is 0 Å². The van der Waals surface area contributed by atoms with Gasteiger partial charge in [0.05, 0.1) is 5.69 Å². The highest BCUT2D eigenvalue weighted by Gasteiger charge is 1.96. The van der Waals surface area contributed by atoms with E-state index in [0.717, 1.165) is 24.3 Å². The Morgan fingerprint density at radius 3 is 2.65 bits per heavy atom. The van der Waals surface area contributed by atoms with Crippen molar-refractivity contribution in [3.63, 3.8) is 0 Å². The molecule has 0 aliphatic heterocycles. The molecule has 2 rings (SSSR count). The fourth-order valence-electron chi connectivity index (χ4n) is 1.66. The van der Waals surface area contributed by atoms with E-state index < -0.39 is 0 Å². The van der Waals surface area contributed by atoms with Crippen LogP contribution in [0.3, 0.4) is 0 Å². The van der Waals surface area contributed by atoms with Crippen LogP contribution in [0.15, 0.2) is 48.7 Å². The number of hydrogen-bond donors (Lipinski definition) is 1. The second kappa shape index (κ2) is 6.38. The predicted octanol–water partition coefficient (Wildman–Crippen LogP) is 3.11. The first-order valence-electron chi connectivity index (χ1n) is 5.63. The molecule has 0 radical (unpaired) electrons. The molecule has 0 bridgehead atoms. The van der Waals surface area contributed by atoms with Crippen LogP contribution in [-0.2, 0) is 19.0 Å². The van der Waals surface area contributed by atoms with Crippen LogP contribution < -0.4 is 5.32 Å². The van der Waals surface area contributed by atoms with Gasteiger partial charge in [0, 0.05) is 25.2 Å².